The number of nitrogens with one attached hydrogen (secondary N) is 1. The lowest BCUT2D eigenvalue weighted by Gasteiger charge is -2.26. The Hall–Kier alpha value is -3.67. The van der Waals surface area contributed by atoms with Gasteiger partial charge >= 0.3 is 0 Å². The molecule has 1 atom stereocenters. The van der Waals surface area contributed by atoms with E-state index >= 15 is 0 Å². The first-order valence-electron chi connectivity index (χ1n) is 12.0. The molecule has 1 amide bonds. The van der Waals surface area contributed by atoms with Crippen molar-refractivity contribution in [3.05, 3.63) is 112 Å². The van der Waals surface area contributed by atoms with Gasteiger partial charge in [-0.25, -0.2) is 4.99 Å². The minimum atomic E-state index is -0.842. The number of thiazole rings is 1. The molecule has 0 saturated heterocycles. The number of phenols is 1. The first kappa shape index (κ1) is 27.9. The Balaban J connectivity index is 1.74. The van der Waals surface area contributed by atoms with Crippen LogP contribution in [0.3, 0.4) is 0 Å². The number of carbonyl (C=O) groups excluding carboxylic acids is 1. The van der Waals surface area contributed by atoms with E-state index in [4.69, 9.17) is 9.47 Å². The van der Waals surface area contributed by atoms with E-state index in [1.54, 1.807) is 62.6 Å². The first-order chi connectivity index (χ1) is 19.2. The lowest BCUT2D eigenvalue weighted by molar-refractivity contribution is -0.113. The zero-order valence-electron chi connectivity index (χ0n) is 21.6. The average molecular weight is 685 g/mol. The third kappa shape index (κ3) is 5.24. The van der Waals surface area contributed by atoms with E-state index in [2.05, 4.69) is 42.2 Å². The fraction of sp³-hybridized carbons (Fsp3) is 0.138. The number of aromatic nitrogens is 1. The van der Waals surface area contributed by atoms with Crippen molar-refractivity contribution in [1.29, 1.82) is 0 Å². The van der Waals surface area contributed by atoms with Crippen molar-refractivity contribution < 1.29 is 19.4 Å². The van der Waals surface area contributed by atoms with Gasteiger partial charge in [0.2, 0.25) is 0 Å². The summed E-state index contributed by atoms with van der Waals surface area (Å²) in [4.78, 5) is 32.8. The maximum Gasteiger partial charge on any atom is 0.271 e. The Morgan fingerprint density at radius 3 is 2.55 bits per heavy atom. The van der Waals surface area contributed by atoms with Gasteiger partial charge in [-0.3, -0.25) is 14.2 Å². The van der Waals surface area contributed by atoms with Crippen molar-refractivity contribution in [1.82, 2.24) is 4.57 Å². The van der Waals surface area contributed by atoms with Crippen molar-refractivity contribution in [2.45, 2.75) is 13.0 Å². The number of rotatable bonds is 6. The highest BCUT2D eigenvalue weighted by atomic mass is 79.9. The van der Waals surface area contributed by atoms with Gasteiger partial charge in [0, 0.05) is 27.4 Å². The Morgan fingerprint density at radius 2 is 1.85 bits per heavy atom. The second-order valence-corrected chi connectivity index (χ2v) is 11.6. The summed E-state index contributed by atoms with van der Waals surface area (Å²) in [5, 5.41) is 13.5. The fourth-order valence-electron chi connectivity index (χ4n) is 4.51. The van der Waals surface area contributed by atoms with Crippen LogP contribution in [0.25, 0.3) is 6.08 Å². The van der Waals surface area contributed by atoms with E-state index in [9.17, 15) is 14.7 Å². The third-order valence-electron chi connectivity index (χ3n) is 6.38. The molecule has 2 N–H and O–H groups in total. The Bertz CT molecular complexity index is 1850. The monoisotopic (exact) mass is 683 g/mol. The molecular weight excluding hydrogens is 662 g/mol. The van der Waals surface area contributed by atoms with Crippen molar-refractivity contribution >= 4 is 60.9 Å². The number of hydrogen-bond acceptors (Lipinski definition) is 7. The quantitative estimate of drug-likeness (QED) is 0.294. The number of phenolic OH excluding ortho intramolecular Hbond substituents is 1. The molecule has 0 spiro atoms. The van der Waals surface area contributed by atoms with Crippen molar-refractivity contribution in [2.75, 3.05) is 19.5 Å². The number of aromatic hydroxyl groups is 1. The van der Waals surface area contributed by atoms with Gasteiger partial charge in [-0.2, -0.15) is 0 Å². The highest BCUT2D eigenvalue weighted by molar-refractivity contribution is 9.11. The predicted molar refractivity (Wildman–Crippen MR) is 162 cm³/mol. The summed E-state index contributed by atoms with van der Waals surface area (Å²) in [5.74, 6) is 0.631. The first-order valence-corrected chi connectivity index (χ1v) is 14.4. The van der Waals surface area contributed by atoms with E-state index in [0.29, 0.717) is 53.4 Å². The summed E-state index contributed by atoms with van der Waals surface area (Å²) in [7, 11) is 3.08. The number of ether oxygens (including phenoxy) is 2. The van der Waals surface area contributed by atoms with Crippen LogP contribution in [0.5, 0.6) is 17.2 Å². The van der Waals surface area contributed by atoms with E-state index in [1.165, 1.54) is 23.0 Å². The second-order valence-electron chi connectivity index (χ2n) is 8.84. The summed E-state index contributed by atoms with van der Waals surface area (Å²) in [6, 6.07) is 16.9. The predicted octanol–water partition coefficient (Wildman–Crippen LogP) is 5.12. The van der Waals surface area contributed by atoms with Crippen molar-refractivity contribution in [3.63, 3.8) is 0 Å². The summed E-state index contributed by atoms with van der Waals surface area (Å²) in [5.41, 5.74) is 2.07. The zero-order valence-corrected chi connectivity index (χ0v) is 25.6. The number of para-hydroxylation sites is 1. The number of fused-ring (bicyclic) bond motifs is 1. The maximum absolute atomic E-state index is 14.0. The molecule has 1 aliphatic heterocycles. The van der Waals surface area contributed by atoms with Crippen LogP contribution in [0.4, 0.5) is 5.69 Å². The van der Waals surface area contributed by atoms with Crippen molar-refractivity contribution in [3.8, 4) is 17.2 Å². The molecule has 3 aromatic carbocycles. The molecule has 1 aliphatic rings. The summed E-state index contributed by atoms with van der Waals surface area (Å²) in [6.45, 7) is 1.75. The molecule has 8 nitrogen and oxygen atoms in total. The molecule has 0 aliphatic carbocycles. The molecular formula is C29H23Br2N3O5S. The molecule has 11 heteroatoms. The summed E-state index contributed by atoms with van der Waals surface area (Å²) in [6.07, 6.45) is 1.61. The molecule has 0 fully saturated rings. The topological polar surface area (TPSA) is 102 Å². The standard InChI is InChI=1S/C29H23Br2N3O5S/c1-15-24(27(36)33-18-7-5-4-6-8-18)25(20-10-9-19(38-2)14-22(20)39-3)34-28(37)23(40-29(34)32-15)12-16-11-17(30)13-21(31)26(16)35/h4-14,25,35H,1-3H3,(H,33,36)/b23-12-/t25-/m1/s1. The average Bonchev–Trinajstić information content (AvgIpc) is 3.24. The number of benzene rings is 3. The Kier molecular flexibility index (Phi) is 7.97. The minimum absolute atomic E-state index is 0.00141. The number of halogens is 2. The van der Waals surface area contributed by atoms with Gasteiger partial charge in [-0.05, 0) is 65.3 Å². The number of anilines is 1. The highest BCUT2D eigenvalue weighted by Crippen LogP contribution is 2.38. The molecule has 5 rings (SSSR count). The summed E-state index contributed by atoms with van der Waals surface area (Å²) < 4.78 is 14.1. The molecule has 0 saturated carbocycles. The van der Waals surface area contributed by atoms with Crippen LogP contribution < -0.4 is 29.7 Å². The lowest BCUT2D eigenvalue weighted by Crippen LogP contribution is -2.40. The van der Waals surface area contributed by atoms with Crippen LogP contribution in [0.15, 0.2) is 90.7 Å². The molecule has 1 aromatic heterocycles. The van der Waals surface area contributed by atoms with Crippen molar-refractivity contribution in [2.24, 2.45) is 4.99 Å². The van der Waals surface area contributed by atoms with Crippen LogP contribution in [-0.4, -0.2) is 29.8 Å². The second kappa shape index (κ2) is 11.4. The maximum atomic E-state index is 14.0. The number of nitrogens with zero attached hydrogens (tertiary/aromatic N) is 2. The lowest BCUT2D eigenvalue weighted by atomic mass is 9.94. The Labute approximate surface area is 250 Å². The SMILES string of the molecule is COc1ccc([C@@H]2C(C(=O)Nc3ccccc3)=C(C)N=c3s/c(=C\c4cc(Br)cc(Br)c4O)c(=O)n32)c(OC)c1. The number of allylic oxidation sites excluding steroid dienone is 1. The molecule has 4 aromatic rings. The molecule has 0 unspecified atom stereocenters. The fourth-order valence-corrected chi connectivity index (χ4v) is 6.80. The van der Waals surface area contributed by atoms with E-state index in [-0.39, 0.29) is 11.3 Å². The van der Waals surface area contributed by atoms with Gasteiger partial charge in [-0.15, -0.1) is 0 Å². The normalized spacial score (nSPS) is 14.9. The van der Waals surface area contributed by atoms with Crippen LogP contribution >= 0.6 is 43.2 Å². The van der Waals surface area contributed by atoms with E-state index in [1.807, 2.05) is 18.2 Å². The van der Waals surface area contributed by atoms with Crippen LogP contribution in [0.2, 0.25) is 0 Å². The van der Waals surface area contributed by atoms with Crippen LogP contribution in [0, 0.1) is 0 Å². The third-order valence-corrected chi connectivity index (χ3v) is 8.42. The number of carbonyl (C=O) groups is 1. The largest absolute Gasteiger partial charge is 0.506 e. The number of methoxy groups -OCH3 is 2. The Morgan fingerprint density at radius 1 is 1.10 bits per heavy atom. The van der Waals surface area contributed by atoms with E-state index < -0.39 is 11.9 Å². The molecule has 0 bridgehead atoms. The minimum Gasteiger partial charge on any atom is -0.506 e. The number of amides is 1. The molecule has 0 radical (unpaired) electrons. The smallest absolute Gasteiger partial charge is 0.271 e. The van der Waals surface area contributed by atoms with Crippen LogP contribution in [-0.2, 0) is 4.79 Å². The van der Waals surface area contributed by atoms with Gasteiger partial charge in [0.25, 0.3) is 11.5 Å². The van der Waals surface area contributed by atoms with Gasteiger partial charge in [0.1, 0.15) is 23.3 Å². The highest BCUT2D eigenvalue weighted by Gasteiger charge is 2.34. The molecule has 2 heterocycles. The molecule has 40 heavy (non-hydrogen) atoms. The van der Waals surface area contributed by atoms with Gasteiger partial charge < -0.3 is 19.9 Å². The van der Waals surface area contributed by atoms with Gasteiger partial charge in [-0.1, -0.05) is 45.5 Å². The molecule has 204 valence electrons. The van der Waals surface area contributed by atoms with Gasteiger partial charge in [0.15, 0.2) is 4.80 Å². The summed E-state index contributed by atoms with van der Waals surface area (Å²) >= 11 is 7.94. The van der Waals surface area contributed by atoms with Gasteiger partial charge in [0.05, 0.1) is 34.5 Å². The number of hydrogen-bond donors (Lipinski definition) is 2. The zero-order chi connectivity index (χ0) is 28.6. The van der Waals surface area contributed by atoms with Crippen LogP contribution in [0.1, 0.15) is 24.1 Å². The van der Waals surface area contributed by atoms with E-state index in [0.717, 1.165) is 4.47 Å².